The summed E-state index contributed by atoms with van der Waals surface area (Å²) in [6.45, 7) is 4.49. The van der Waals surface area contributed by atoms with Gasteiger partial charge in [0.05, 0.1) is 6.54 Å². The smallest absolute Gasteiger partial charge is 0.318 e. The van der Waals surface area contributed by atoms with Crippen molar-refractivity contribution >= 4 is 11.9 Å². The van der Waals surface area contributed by atoms with Crippen LogP contribution in [0.4, 0.5) is 4.79 Å². The molecular weight excluding hydrogens is 296 g/mol. The van der Waals surface area contributed by atoms with Gasteiger partial charge in [-0.25, -0.2) is 9.78 Å². The van der Waals surface area contributed by atoms with Crippen molar-refractivity contribution in [2.24, 2.45) is 7.05 Å². The van der Waals surface area contributed by atoms with E-state index in [2.05, 4.69) is 15.2 Å². The molecule has 0 saturated carbocycles. The van der Waals surface area contributed by atoms with Gasteiger partial charge < -0.3 is 19.7 Å². The van der Waals surface area contributed by atoms with Gasteiger partial charge in [-0.1, -0.05) is 0 Å². The second kappa shape index (κ2) is 6.57. The van der Waals surface area contributed by atoms with E-state index in [9.17, 15) is 9.59 Å². The van der Waals surface area contributed by atoms with E-state index in [1.807, 2.05) is 17.8 Å². The largest absolute Gasteiger partial charge is 0.344 e. The van der Waals surface area contributed by atoms with E-state index < -0.39 is 0 Å². The fraction of sp³-hybridized carbons (Fsp3) is 0.667. The predicted molar refractivity (Wildman–Crippen MR) is 84.6 cm³/mol. The van der Waals surface area contributed by atoms with Crippen molar-refractivity contribution in [1.29, 1.82) is 0 Å². The van der Waals surface area contributed by atoms with Crippen LogP contribution in [0.25, 0.3) is 0 Å². The zero-order valence-electron chi connectivity index (χ0n) is 13.7. The molecule has 0 unspecified atom stereocenters. The lowest BCUT2D eigenvalue weighted by molar-refractivity contribution is -0.128. The van der Waals surface area contributed by atoms with Crippen molar-refractivity contribution < 1.29 is 9.59 Å². The first kappa shape index (κ1) is 15.8. The molecule has 3 rings (SSSR count). The number of nitrogens with one attached hydrogen (secondary N) is 1. The zero-order chi connectivity index (χ0) is 16.4. The van der Waals surface area contributed by atoms with Gasteiger partial charge in [0.15, 0.2) is 0 Å². The average Bonchev–Trinajstić information content (AvgIpc) is 3.08. The molecule has 3 amide bonds. The van der Waals surface area contributed by atoms with E-state index >= 15 is 0 Å². The molecule has 0 radical (unpaired) electrons. The Kier molecular flexibility index (Phi) is 4.51. The summed E-state index contributed by atoms with van der Waals surface area (Å²) < 4.78 is 2.02. The van der Waals surface area contributed by atoms with Gasteiger partial charge in [-0.2, -0.15) is 0 Å². The molecule has 8 nitrogen and oxygen atoms in total. The van der Waals surface area contributed by atoms with Gasteiger partial charge in [-0.15, -0.1) is 0 Å². The van der Waals surface area contributed by atoms with Gasteiger partial charge in [-0.3, -0.25) is 9.69 Å². The third kappa shape index (κ3) is 3.47. The number of aromatic nitrogens is 2. The molecule has 126 valence electrons. The molecule has 23 heavy (non-hydrogen) atoms. The minimum absolute atomic E-state index is 0.00627. The molecule has 0 aliphatic carbocycles. The zero-order valence-corrected chi connectivity index (χ0v) is 13.7. The predicted octanol–water partition coefficient (Wildman–Crippen LogP) is -0.522. The molecule has 0 spiro atoms. The van der Waals surface area contributed by atoms with Gasteiger partial charge in [0.25, 0.3) is 0 Å². The highest BCUT2D eigenvalue weighted by molar-refractivity contribution is 5.88. The Labute approximate surface area is 136 Å². The van der Waals surface area contributed by atoms with Crippen molar-refractivity contribution in [2.45, 2.75) is 19.0 Å². The van der Waals surface area contributed by atoms with Crippen molar-refractivity contribution in [3.63, 3.8) is 0 Å². The second-order valence-electron chi connectivity index (χ2n) is 6.27. The summed E-state index contributed by atoms with van der Waals surface area (Å²) in [5.74, 6) is 1.04. The lowest BCUT2D eigenvalue weighted by atomic mass is 10.2. The number of hydrogen-bond donors (Lipinski definition) is 1. The quantitative estimate of drug-likeness (QED) is 0.813. The second-order valence-corrected chi connectivity index (χ2v) is 6.27. The third-order valence-corrected chi connectivity index (χ3v) is 4.67. The van der Waals surface area contributed by atoms with Crippen LogP contribution in [0.2, 0.25) is 0 Å². The van der Waals surface area contributed by atoms with Crippen LogP contribution in [0.3, 0.4) is 0 Å². The molecule has 0 bridgehead atoms. The molecule has 1 aromatic heterocycles. The Morgan fingerprint density at radius 1 is 1.26 bits per heavy atom. The number of piperazine rings is 1. The first-order valence-electron chi connectivity index (χ1n) is 8.03. The lowest BCUT2D eigenvalue weighted by Crippen LogP contribution is -2.54. The van der Waals surface area contributed by atoms with E-state index in [1.165, 1.54) is 0 Å². The van der Waals surface area contributed by atoms with Crippen molar-refractivity contribution in [3.8, 4) is 0 Å². The van der Waals surface area contributed by atoms with Crippen molar-refractivity contribution in [1.82, 2.24) is 29.6 Å². The van der Waals surface area contributed by atoms with Gasteiger partial charge in [0.2, 0.25) is 5.91 Å². The third-order valence-electron chi connectivity index (χ3n) is 4.67. The summed E-state index contributed by atoms with van der Waals surface area (Å²) in [6.07, 6.45) is 4.43. The average molecular weight is 320 g/mol. The van der Waals surface area contributed by atoms with Gasteiger partial charge >= 0.3 is 6.03 Å². The number of likely N-dealkylation sites (tertiary alicyclic amines) is 1. The first-order valence-corrected chi connectivity index (χ1v) is 8.03. The molecule has 2 saturated heterocycles. The molecular formula is C15H24N6O2. The summed E-state index contributed by atoms with van der Waals surface area (Å²) in [6, 6.07) is -0.492. The highest BCUT2D eigenvalue weighted by Crippen LogP contribution is 2.11. The molecule has 2 aliphatic heterocycles. The first-order chi connectivity index (χ1) is 11.0. The maximum absolute atomic E-state index is 12.3. The fourth-order valence-electron chi connectivity index (χ4n) is 3.05. The van der Waals surface area contributed by atoms with E-state index in [0.29, 0.717) is 26.1 Å². The molecule has 8 heteroatoms. The standard InChI is InChI=1S/C15H24N6O2/c1-18-6-4-16-13(18)11-20-7-9-21(10-8-20)15(23)17-12-3-5-19(2)14(12)22/h4,6,12H,3,5,7-11H2,1-2H3,(H,17,23)/t12-/m1/s1. The molecule has 2 fully saturated rings. The maximum Gasteiger partial charge on any atom is 0.318 e. The Morgan fingerprint density at radius 3 is 2.57 bits per heavy atom. The number of carbonyl (C=O) groups excluding carboxylic acids is 2. The summed E-state index contributed by atoms with van der Waals surface area (Å²) >= 11 is 0. The Hall–Kier alpha value is -2.09. The van der Waals surface area contributed by atoms with Crippen LogP contribution in [0.1, 0.15) is 12.2 Å². The van der Waals surface area contributed by atoms with Crippen LogP contribution >= 0.6 is 0 Å². The van der Waals surface area contributed by atoms with Gasteiger partial charge in [0.1, 0.15) is 11.9 Å². The van der Waals surface area contributed by atoms with Crippen molar-refractivity contribution in [2.75, 3.05) is 39.8 Å². The number of carbonyl (C=O) groups is 2. The van der Waals surface area contributed by atoms with Gasteiger partial charge in [-0.05, 0) is 6.42 Å². The van der Waals surface area contributed by atoms with E-state index in [4.69, 9.17) is 0 Å². The number of likely N-dealkylation sites (N-methyl/N-ethyl adjacent to an activating group) is 1. The summed E-state index contributed by atoms with van der Waals surface area (Å²) in [5, 5.41) is 2.86. The normalized spacial score (nSPS) is 22.7. The number of hydrogen-bond acceptors (Lipinski definition) is 4. The molecule has 1 aromatic rings. The monoisotopic (exact) mass is 320 g/mol. The lowest BCUT2D eigenvalue weighted by Gasteiger charge is -2.34. The number of urea groups is 1. The number of rotatable bonds is 3. The SMILES string of the molecule is CN1CC[C@@H](NC(=O)N2CCN(Cc3nccn3C)CC2)C1=O. The Morgan fingerprint density at radius 2 is 2.00 bits per heavy atom. The summed E-state index contributed by atoms with van der Waals surface area (Å²) in [7, 11) is 3.76. The van der Waals surface area contributed by atoms with Crippen LogP contribution in [0.5, 0.6) is 0 Å². The van der Waals surface area contributed by atoms with Crippen LogP contribution in [0, 0.1) is 0 Å². The fourth-order valence-corrected chi connectivity index (χ4v) is 3.05. The summed E-state index contributed by atoms with van der Waals surface area (Å²) in [5.41, 5.74) is 0. The van der Waals surface area contributed by atoms with Crippen LogP contribution in [0.15, 0.2) is 12.4 Å². The number of imidazole rings is 1. The number of aryl methyl sites for hydroxylation is 1. The highest BCUT2D eigenvalue weighted by atomic mass is 16.2. The maximum atomic E-state index is 12.3. The van der Waals surface area contributed by atoms with Crippen LogP contribution in [-0.4, -0.2) is 82.0 Å². The minimum Gasteiger partial charge on any atom is -0.344 e. The summed E-state index contributed by atoms with van der Waals surface area (Å²) in [4.78, 5) is 34.2. The number of amides is 3. The van der Waals surface area contributed by atoms with E-state index in [-0.39, 0.29) is 18.0 Å². The molecule has 1 atom stereocenters. The van der Waals surface area contributed by atoms with Crippen LogP contribution < -0.4 is 5.32 Å². The highest BCUT2D eigenvalue weighted by Gasteiger charge is 2.32. The van der Waals surface area contributed by atoms with Gasteiger partial charge in [0, 0.05) is 59.2 Å². The Bertz CT molecular complexity index is 578. The minimum atomic E-state index is -0.363. The molecule has 3 heterocycles. The van der Waals surface area contributed by atoms with E-state index in [1.54, 1.807) is 23.0 Å². The molecule has 0 aromatic carbocycles. The number of nitrogens with zero attached hydrogens (tertiary/aromatic N) is 5. The topological polar surface area (TPSA) is 73.7 Å². The Balaban J connectivity index is 1.46. The van der Waals surface area contributed by atoms with Crippen molar-refractivity contribution in [3.05, 3.63) is 18.2 Å². The van der Waals surface area contributed by atoms with Crippen LogP contribution in [-0.2, 0) is 18.4 Å². The molecule has 1 N–H and O–H groups in total. The van der Waals surface area contributed by atoms with E-state index in [0.717, 1.165) is 25.5 Å². The molecule has 2 aliphatic rings.